The molecule has 104 valence electrons. The number of rotatable bonds is 6. The van der Waals surface area contributed by atoms with Crippen molar-refractivity contribution in [2.75, 3.05) is 24.6 Å². The summed E-state index contributed by atoms with van der Waals surface area (Å²) in [4.78, 5) is 18.0. The third kappa shape index (κ3) is 3.89. The highest BCUT2D eigenvalue weighted by atomic mass is 32.1. The number of ether oxygens (including phenoxy) is 1. The Morgan fingerprint density at radius 2 is 2.21 bits per heavy atom. The highest BCUT2D eigenvalue weighted by Crippen LogP contribution is 2.20. The number of thiocarbonyl (C=S) groups is 1. The van der Waals surface area contributed by atoms with Crippen LogP contribution in [0.5, 0.6) is 0 Å². The zero-order valence-electron chi connectivity index (χ0n) is 11.5. The van der Waals surface area contributed by atoms with Crippen LogP contribution in [0.3, 0.4) is 0 Å². The van der Waals surface area contributed by atoms with Crippen LogP contribution in [0, 0.1) is 6.92 Å². The molecule has 6 heteroatoms. The van der Waals surface area contributed by atoms with E-state index in [2.05, 4.69) is 4.98 Å². The van der Waals surface area contributed by atoms with Crippen LogP contribution in [-0.2, 0) is 9.53 Å². The fourth-order valence-corrected chi connectivity index (χ4v) is 2.04. The van der Waals surface area contributed by atoms with Crippen molar-refractivity contribution in [1.82, 2.24) is 4.98 Å². The lowest BCUT2D eigenvalue weighted by atomic mass is 10.1. The number of nitrogens with zero attached hydrogens (tertiary/aromatic N) is 2. The van der Waals surface area contributed by atoms with Gasteiger partial charge in [0.1, 0.15) is 17.4 Å². The van der Waals surface area contributed by atoms with Crippen molar-refractivity contribution in [2.24, 2.45) is 5.73 Å². The lowest BCUT2D eigenvalue weighted by Crippen LogP contribution is -2.33. The zero-order chi connectivity index (χ0) is 14.4. The molecule has 0 saturated heterocycles. The molecule has 0 aromatic carbocycles. The molecule has 0 atom stereocenters. The van der Waals surface area contributed by atoms with E-state index in [-0.39, 0.29) is 17.5 Å². The molecular weight excluding hydrogens is 262 g/mol. The summed E-state index contributed by atoms with van der Waals surface area (Å²) < 4.78 is 4.95. The summed E-state index contributed by atoms with van der Waals surface area (Å²) in [5.74, 6) is 0.338. The van der Waals surface area contributed by atoms with Crippen LogP contribution < -0.4 is 10.6 Å². The predicted molar refractivity (Wildman–Crippen MR) is 79.4 cm³/mol. The summed E-state index contributed by atoms with van der Waals surface area (Å²) in [7, 11) is 0. The summed E-state index contributed by atoms with van der Waals surface area (Å²) in [6, 6.07) is 1.84. The van der Waals surface area contributed by atoms with Gasteiger partial charge in [0.25, 0.3) is 0 Å². The first kappa shape index (κ1) is 15.4. The second-order valence-corrected chi connectivity index (χ2v) is 4.45. The molecule has 1 rings (SSSR count). The van der Waals surface area contributed by atoms with Crippen LogP contribution in [0.4, 0.5) is 5.82 Å². The third-order valence-corrected chi connectivity index (χ3v) is 2.90. The number of hydrogen-bond donors (Lipinski definition) is 1. The zero-order valence-corrected chi connectivity index (χ0v) is 12.3. The number of pyridine rings is 1. The molecule has 0 unspecified atom stereocenters. The van der Waals surface area contributed by atoms with E-state index in [1.54, 1.807) is 18.0 Å². The lowest BCUT2D eigenvalue weighted by molar-refractivity contribution is -0.141. The van der Waals surface area contributed by atoms with Crippen molar-refractivity contribution in [3.8, 4) is 0 Å². The molecule has 1 aromatic rings. The number of nitrogens with two attached hydrogens (primary N) is 1. The molecule has 0 aliphatic carbocycles. The number of aromatic nitrogens is 1. The Bertz CT molecular complexity index is 477. The van der Waals surface area contributed by atoms with Gasteiger partial charge >= 0.3 is 5.97 Å². The lowest BCUT2D eigenvalue weighted by Gasteiger charge is -2.23. The van der Waals surface area contributed by atoms with Crippen molar-refractivity contribution in [3.63, 3.8) is 0 Å². The minimum absolute atomic E-state index is 0.135. The molecule has 0 amide bonds. The first-order valence-corrected chi connectivity index (χ1v) is 6.58. The average Bonchev–Trinajstić information content (AvgIpc) is 2.35. The number of aryl methyl sites for hydroxylation is 1. The second kappa shape index (κ2) is 7.04. The Morgan fingerprint density at radius 3 is 2.74 bits per heavy atom. The maximum Gasteiger partial charge on any atom is 0.325 e. The molecule has 0 fully saturated rings. The smallest absolute Gasteiger partial charge is 0.325 e. The van der Waals surface area contributed by atoms with Crippen LogP contribution >= 0.6 is 12.2 Å². The van der Waals surface area contributed by atoms with Gasteiger partial charge in [-0.2, -0.15) is 0 Å². The number of carbonyl (C=O) groups excluding carboxylic acids is 1. The SMILES string of the molecule is CCOC(=O)CN(CC)c1nccc(C)c1C(N)=S. The number of esters is 1. The topological polar surface area (TPSA) is 68.5 Å². The quantitative estimate of drug-likeness (QED) is 0.628. The first-order valence-electron chi connectivity index (χ1n) is 6.17. The van der Waals surface area contributed by atoms with Crippen molar-refractivity contribution in [1.29, 1.82) is 0 Å². The first-order chi connectivity index (χ1) is 9.01. The molecule has 1 aromatic heterocycles. The monoisotopic (exact) mass is 281 g/mol. The molecule has 0 bridgehead atoms. The second-order valence-electron chi connectivity index (χ2n) is 4.01. The van der Waals surface area contributed by atoms with Crippen LogP contribution in [0.1, 0.15) is 25.0 Å². The summed E-state index contributed by atoms with van der Waals surface area (Å²) in [6.07, 6.45) is 1.68. The molecule has 0 saturated carbocycles. The van der Waals surface area contributed by atoms with Crippen molar-refractivity contribution >= 4 is 29.0 Å². The maximum absolute atomic E-state index is 11.6. The minimum Gasteiger partial charge on any atom is -0.465 e. The molecule has 19 heavy (non-hydrogen) atoms. The van der Waals surface area contributed by atoms with Gasteiger partial charge in [-0.15, -0.1) is 0 Å². The Kier molecular flexibility index (Phi) is 5.69. The van der Waals surface area contributed by atoms with E-state index in [1.165, 1.54) is 0 Å². The molecule has 0 aliphatic rings. The van der Waals surface area contributed by atoms with Crippen LogP contribution in [-0.4, -0.2) is 35.6 Å². The van der Waals surface area contributed by atoms with E-state index in [4.69, 9.17) is 22.7 Å². The molecule has 1 heterocycles. The normalized spacial score (nSPS) is 10.1. The van der Waals surface area contributed by atoms with Gasteiger partial charge in [0, 0.05) is 12.7 Å². The summed E-state index contributed by atoms with van der Waals surface area (Å²) >= 11 is 5.06. The maximum atomic E-state index is 11.6. The van der Waals surface area contributed by atoms with Gasteiger partial charge in [0.15, 0.2) is 0 Å². The molecule has 5 nitrogen and oxygen atoms in total. The molecule has 2 N–H and O–H groups in total. The van der Waals surface area contributed by atoms with E-state index in [9.17, 15) is 4.79 Å². The standard InChI is InChI=1S/C13H19N3O2S/c1-4-16(8-10(17)18-5-2)13-11(12(14)19)9(3)6-7-15-13/h6-7H,4-5,8H2,1-3H3,(H2,14,19). The van der Waals surface area contributed by atoms with Crippen molar-refractivity contribution in [3.05, 3.63) is 23.4 Å². The third-order valence-electron chi connectivity index (χ3n) is 2.69. The Balaban J connectivity index is 3.08. The van der Waals surface area contributed by atoms with Gasteiger partial charge in [-0.25, -0.2) is 4.98 Å². The van der Waals surface area contributed by atoms with Gasteiger partial charge in [0.05, 0.1) is 12.2 Å². The number of likely N-dealkylation sites (N-methyl/N-ethyl adjacent to an activating group) is 1. The van der Waals surface area contributed by atoms with E-state index in [0.29, 0.717) is 24.5 Å². The average molecular weight is 281 g/mol. The molecule has 0 radical (unpaired) electrons. The fraction of sp³-hybridized carbons (Fsp3) is 0.462. The Labute approximate surface area is 118 Å². The highest BCUT2D eigenvalue weighted by molar-refractivity contribution is 7.80. The molecule has 0 spiro atoms. The number of hydrogen-bond acceptors (Lipinski definition) is 5. The van der Waals surface area contributed by atoms with Crippen LogP contribution in [0.25, 0.3) is 0 Å². The Hall–Kier alpha value is -1.69. The van der Waals surface area contributed by atoms with Gasteiger partial charge in [-0.05, 0) is 32.4 Å². The van der Waals surface area contributed by atoms with Gasteiger partial charge in [-0.1, -0.05) is 12.2 Å². The van der Waals surface area contributed by atoms with E-state index in [1.807, 2.05) is 19.9 Å². The highest BCUT2D eigenvalue weighted by Gasteiger charge is 2.18. The molecule has 0 aliphatic heterocycles. The minimum atomic E-state index is -0.290. The summed E-state index contributed by atoms with van der Waals surface area (Å²) in [6.45, 7) is 6.74. The largest absolute Gasteiger partial charge is 0.465 e. The van der Waals surface area contributed by atoms with E-state index >= 15 is 0 Å². The van der Waals surface area contributed by atoms with Crippen LogP contribution in [0.2, 0.25) is 0 Å². The van der Waals surface area contributed by atoms with Gasteiger partial charge in [-0.3, -0.25) is 4.79 Å². The number of anilines is 1. The van der Waals surface area contributed by atoms with Gasteiger partial charge in [0.2, 0.25) is 0 Å². The van der Waals surface area contributed by atoms with E-state index in [0.717, 1.165) is 5.56 Å². The predicted octanol–water partition coefficient (Wildman–Crippen LogP) is 1.41. The Morgan fingerprint density at radius 1 is 1.53 bits per heavy atom. The summed E-state index contributed by atoms with van der Waals surface area (Å²) in [5.41, 5.74) is 7.40. The summed E-state index contributed by atoms with van der Waals surface area (Å²) in [5, 5.41) is 0. The fourth-order valence-electron chi connectivity index (χ4n) is 1.79. The number of carbonyl (C=O) groups is 1. The van der Waals surface area contributed by atoms with Crippen molar-refractivity contribution < 1.29 is 9.53 Å². The molecular formula is C13H19N3O2S. The van der Waals surface area contributed by atoms with Crippen LogP contribution in [0.15, 0.2) is 12.3 Å². The van der Waals surface area contributed by atoms with Gasteiger partial charge < -0.3 is 15.4 Å². The van der Waals surface area contributed by atoms with Crippen molar-refractivity contribution in [2.45, 2.75) is 20.8 Å². The van der Waals surface area contributed by atoms with E-state index < -0.39 is 0 Å².